The average Bonchev–Trinajstić information content (AvgIpc) is 3.37. The summed E-state index contributed by atoms with van der Waals surface area (Å²) in [4.78, 5) is 23.2. The molecule has 0 radical (unpaired) electrons. The molecule has 6 rings (SSSR count). The maximum Gasteiger partial charge on any atom is 0.416 e. The van der Waals surface area contributed by atoms with Crippen LogP contribution in [0.15, 0.2) is 42.7 Å². The van der Waals surface area contributed by atoms with Gasteiger partial charge in [0.25, 0.3) is 12.4 Å². The zero-order valence-electron chi connectivity index (χ0n) is 20.5. The Bertz CT molecular complexity index is 1370. The molecule has 9 nitrogen and oxygen atoms in total. The fraction of sp³-hybridized carbons (Fsp3) is 0.385. The minimum absolute atomic E-state index is 0.0387. The highest BCUT2D eigenvalue weighted by molar-refractivity contribution is 6.10. The molecule has 0 saturated carbocycles. The molecule has 3 aliphatic heterocycles. The van der Waals surface area contributed by atoms with E-state index in [4.69, 9.17) is 14.6 Å². The second-order valence-electron chi connectivity index (χ2n) is 9.74. The monoisotopic (exact) mass is 529 g/mol. The van der Waals surface area contributed by atoms with E-state index in [1.54, 1.807) is 18.5 Å². The Morgan fingerprint density at radius 3 is 2.55 bits per heavy atom. The Hall–Kier alpha value is -3.77. The first-order valence-electron chi connectivity index (χ1n) is 12.0. The van der Waals surface area contributed by atoms with Crippen LogP contribution < -0.4 is 10.2 Å². The number of halogens is 3. The van der Waals surface area contributed by atoms with E-state index in [-0.39, 0.29) is 35.6 Å². The summed E-state index contributed by atoms with van der Waals surface area (Å²) in [6.45, 7) is 1.38. The van der Waals surface area contributed by atoms with Crippen molar-refractivity contribution < 1.29 is 32.6 Å². The lowest BCUT2D eigenvalue weighted by Gasteiger charge is -2.42. The number of anilines is 1. The van der Waals surface area contributed by atoms with E-state index in [0.717, 1.165) is 24.4 Å². The third kappa shape index (κ3) is 4.54. The van der Waals surface area contributed by atoms with Crippen molar-refractivity contribution in [2.75, 3.05) is 24.7 Å². The van der Waals surface area contributed by atoms with Gasteiger partial charge in [0.15, 0.2) is 0 Å². The number of amides is 1. The number of nitrogens with zero attached hydrogens (tertiary/aromatic N) is 4. The number of aromatic nitrogens is 3. The summed E-state index contributed by atoms with van der Waals surface area (Å²) in [5.74, 6) is 0.409. The van der Waals surface area contributed by atoms with E-state index in [9.17, 15) is 18.0 Å². The van der Waals surface area contributed by atoms with E-state index < -0.39 is 17.6 Å². The number of carbonyl (C=O) groups excluding carboxylic acids is 1. The quantitative estimate of drug-likeness (QED) is 0.489. The van der Waals surface area contributed by atoms with Crippen LogP contribution >= 0.6 is 0 Å². The molecule has 2 fully saturated rings. The molecule has 0 aliphatic carbocycles. The van der Waals surface area contributed by atoms with Gasteiger partial charge in [-0.2, -0.15) is 13.2 Å². The number of nitrogens with one attached hydrogen (secondary N) is 1. The van der Waals surface area contributed by atoms with Gasteiger partial charge in [-0.3, -0.25) is 9.59 Å². The maximum atomic E-state index is 14.0. The van der Waals surface area contributed by atoms with Crippen LogP contribution in [0.4, 0.5) is 18.9 Å². The lowest BCUT2D eigenvalue weighted by molar-refractivity contribution is -0.138. The lowest BCUT2D eigenvalue weighted by atomic mass is 9.75. The number of rotatable bonds is 5. The number of alkyl halides is 3. The van der Waals surface area contributed by atoms with Crippen LogP contribution in [0.5, 0.6) is 0 Å². The summed E-state index contributed by atoms with van der Waals surface area (Å²) in [6.07, 6.45) is -1.53. The topological polar surface area (TPSA) is 110 Å². The van der Waals surface area contributed by atoms with Gasteiger partial charge < -0.3 is 24.6 Å². The van der Waals surface area contributed by atoms with Crippen molar-refractivity contribution in [2.45, 2.75) is 37.0 Å². The molecule has 2 saturated heterocycles. The molecule has 200 valence electrons. The van der Waals surface area contributed by atoms with Gasteiger partial charge in [-0.25, -0.2) is 0 Å². The number of carbonyl (C=O) groups is 2. The van der Waals surface area contributed by atoms with E-state index >= 15 is 0 Å². The highest BCUT2D eigenvalue weighted by Crippen LogP contribution is 2.42. The van der Waals surface area contributed by atoms with Crippen molar-refractivity contribution in [3.05, 3.63) is 76.4 Å². The largest absolute Gasteiger partial charge is 0.483 e. The lowest BCUT2D eigenvalue weighted by Crippen LogP contribution is -2.49. The normalized spacial score (nSPS) is 19.6. The molecule has 3 aromatic rings. The molecular weight excluding hydrogens is 503 g/mol. The second kappa shape index (κ2) is 9.84. The third-order valence-corrected chi connectivity index (χ3v) is 7.42. The highest BCUT2D eigenvalue weighted by Gasteiger charge is 2.44. The predicted molar refractivity (Wildman–Crippen MR) is 130 cm³/mol. The van der Waals surface area contributed by atoms with Gasteiger partial charge in [-0.05, 0) is 53.9 Å². The molecule has 3 aliphatic rings. The minimum Gasteiger partial charge on any atom is -0.483 e. The Morgan fingerprint density at radius 2 is 2.00 bits per heavy atom. The van der Waals surface area contributed by atoms with Gasteiger partial charge in [0.05, 0.1) is 25.3 Å². The minimum atomic E-state index is -4.54. The smallest absolute Gasteiger partial charge is 0.416 e. The van der Waals surface area contributed by atoms with Crippen molar-refractivity contribution in [3.63, 3.8) is 0 Å². The number of hydrogen-bond donors (Lipinski definition) is 2. The number of benzene rings is 2. The summed E-state index contributed by atoms with van der Waals surface area (Å²) < 4.78 is 49.3. The van der Waals surface area contributed by atoms with Crippen LogP contribution in [0.1, 0.15) is 50.9 Å². The third-order valence-electron chi connectivity index (χ3n) is 7.42. The van der Waals surface area contributed by atoms with Crippen LogP contribution in [0.3, 0.4) is 0 Å². The number of ether oxygens (including phenoxy) is 1. The number of fused-ring (bicyclic) bond motifs is 1. The van der Waals surface area contributed by atoms with Crippen molar-refractivity contribution in [3.8, 4) is 0 Å². The van der Waals surface area contributed by atoms with Crippen LogP contribution in [0.25, 0.3) is 0 Å². The molecular formula is C26H26F3N5O4. The van der Waals surface area contributed by atoms with Gasteiger partial charge in [0, 0.05) is 36.2 Å². The van der Waals surface area contributed by atoms with Gasteiger partial charge in [0.2, 0.25) is 0 Å². The van der Waals surface area contributed by atoms with Crippen LogP contribution in [0, 0.1) is 0 Å². The van der Waals surface area contributed by atoms with Gasteiger partial charge in [-0.1, -0.05) is 12.1 Å². The molecule has 1 atom stereocenters. The standard InChI is InChI=1S/C25H24F3N5O2.CH2O2/c1-32-14-30-31-22(32)10-24(12-35-13-24)16-3-2-4-17(9-16)33-11-19-18(23(33)34)7-15(21-5-6-29-21)8-20(19)25(26,27)28;2-1-3/h2-4,7-9,14,21,29H,5-6,10-13H2,1H3;1H,(H,2,3). The second-order valence-corrected chi connectivity index (χ2v) is 9.74. The molecule has 2 N–H and O–H groups in total. The van der Waals surface area contributed by atoms with Gasteiger partial charge in [0.1, 0.15) is 12.2 Å². The van der Waals surface area contributed by atoms with Gasteiger partial charge in [-0.15, -0.1) is 10.2 Å². The van der Waals surface area contributed by atoms with Crippen LogP contribution in [-0.4, -0.2) is 52.0 Å². The number of aryl methyl sites for hydroxylation is 1. The van der Waals surface area contributed by atoms with E-state index in [1.165, 1.54) is 11.0 Å². The molecule has 1 aromatic heterocycles. The summed E-state index contributed by atoms with van der Waals surface area (Å²) in [6, 6.07) is 10.1. The first-order chi connectivity index (χ1) is 18.2. The Labute approximate surface area is 216 Å². The van der Waals surface area contributed by atoms with E-state index in [1.807, 2.05) is 29.8 Å². The maximum absolute atomic E-state index is 14.0. The molecule has 12 heteroatoms. The molecule has 1 amide bonds. The zero-order valence-corrected chi connectivity index (χ0v) is 20.5. The zero-order chi connectivity index (χ0) is 27.1. The highest BCUT2D eigenvalue weighted by atomic mass is 19.4. The average molecular weight is 530 g/mol. The van der Waals surface area contributed by atoms with Crippen molar-refractivity contribution in [1.29, 1.82) is 0 Å². The molecule has 1 unspecified atom stereocenters. The van der Waals surface area contributed by atoms with Crippen molar-refractivity contribution in [1.82, 2.24) is 20.1 Å². The molecule has 0 bridgehead atoms. The molecule has 38 heavy (non-hydrogen) atoms. The van der Waals surface area contributed by atoms with Crippen molar-refractivity contribution >= 4 is 18.1 Å². The molecule has 4 heterocycles. The van der Waals surface area contributed by atoms with E-state index in [2.05, 4.69) is 15.5 Å². The first kappa shape index (κ1) is 25.9. The van der Waals surface area contributed by atoms with Crippen LogP contribution in [-0.2, 0) is 41.1 Å². The summed E-state index contributed by atoms with van der Waals surface area (Å²) >= 11 is 0. The number of carboxylic acid groups (broad SMARTS) is 1. The summed E-state index contributed by atoms with van der Waals surface area (Å²) in [7, 11) is 1.88. The summed E-state index contributed by atoms with van der Waals surface area (Å²) in [5, 5.41) is 18.2. The van der Waals surface area contributed by atoms with E-state index in [0.29, 0.717) is 30.9 Å². The Balaban J connectivity index is 0.000000937. The fourth-order valence-corrected chi connectivity index (χ4v) is 5.16. The first-order valence-corrected chi connectivity index (χ1v) is 12.0. The Kier molecular flexibility index (Phi) is 6.70. The predicted octanol–water partition coefficient (Wildman–Crippen LogP) is 3.24. The SMILES string of the molecule is Cn1cnnc1CC1(c2cccc(N3Cc4c(cc(C5CCN5)cc4C(F)(F)F)C3=O)c2)COC1.O=CO. The van der Waals surface area contributed by atoms with Crippen LogP contribution in [0.2, 0.25) is 0 Å². The number of hydrogen-bond acceptors (Lipinski definition) is 6. The van der Waals surface area contributed by atoms with Gasteiger partial charge >= 0.3 is 6.18 Å². The fourth-order valence-electron chi connectivity index (χ4n) is 5.16. The van der Waals surface area contributed by atoms with Crippen molar-refractivity contribution in [2.24, 2.45) is 7.05 Å². The Morgan fingerprint density at radius 1 is 1.26 bits per heavy atom. The molecule has 0 spiro atoms. The molecule has 2 aromatic carbocycles. The summed E-state index contributed by atoms with van der Waals surface area (Å²) in [5.41, 5.74) is 1.17.